The molecule has 2 rings (SSSR count). The van der Waals surface area contributed by atoms with Gasteiger partial charge in [-0.15, -0.1) is 0 Å². The van der Waals surface area contributed by atoms with Gasteiger partial charge in [-0.05, 0) is 18.8 Å². The van der Waals surface area contributed by atoms with Crippen LogP contribution in [0.4, 0.5) is 14.5 Å². The van der Waals surface area contributed by atoms with Crippen molar-refractivity contribution in [1.29, 1.82) is 0 Å². The summed E-state index contributed by atoms with van der Waals surface area (Å²) in [6, 6.07) is 2.21. The van der Waals surface area contributed by atoms with Crippen molar-refractivity contribution in [3.63, 3.8) is 0 Å². The van der Waals surface area contributed by atoms with Crippen LogP contribution >= 0.6 is 0 Å². The van der Waals surface area contributed by atoms with Gasteiger partial charge in [0.25, 0.3) is 0 Å². The molecule has 1 atom stereocenters. The lowest BCUT2D eigenvalue weighted by molar-refractivity contribution is 0.0485. The van der Waals surface area contributed by atoms with Gasteiger partial charge in [0.05, 0.1) is 19.3 Å². The van der Waals surface area contributed by atoms with Crippen LogP contribution in [0.25, 0.3) is 0 Å². The van der Waals surface area contributed by atoms with E-state index >= 15 is 0 Å². The summed E-state index contributed by atoms with van der Waals surface area (Å²) in [5.74, 6) is -1.74. The molecule has 5 nitrogen and oxygen atoms in total. The van der Waals surface area contributed by atoms with E-state index < -0.39 is 24.3 Å². The molecule has 3 N–H and O–H groups in total. The summed E-state index contributed by atoms with van der Waals surface area (Å²) in [5.41, 5.74) is 0.181. The van der Waals surface area contributed by atoms with E-state index in [9.17, 15) is 13.9 Å². The van der Waals surface area contributed by atoms with E-state index in [1.54, 1.807) is 0 Å². The van der Waals surface area contributed by atoms with Crippen LogP contribution < -0.4 is 10.1 Å². The van der Waals surface area contributed by atoms with Crippen molar-refractivity contribution in [2.24, 2.45) is 5.92 Å². The lowest BCUT2D eigenvalue weighted by atomic mass is 10.0. The van der Waals surface area contributed by atoms with E-state index in [0.29, 0.717) is 13.2 Å². The fraction of sp³-hybridized carbons (Fsp3) is 0.600. The molecule has 1 aliphatic heterocycles. The fourth-order valence-corrected chi connectivity index (χ4v) is 2.21. The normalized spacial score (nSPS) is 17.3. The van der Waals surface area contributed by atoms with Crippen LogP contribution in [0, 0.1) is 17.6 Å². The number of halogens is 2. The minimum atomic E-state index is -0.990. The summed E-state index contributed by atoms with van der Waals surface area (Å²) >= 11 is 0. The highest BCUT2D eigenvalue weighted by molar-refractivity contribution is 5.48. The molecule has 0 bridgehead atoms. The van der Waals surface area contributed by atoms with Crippen LogP contribution in [0.5, 0.6) is 5.75 Å². The van der Waals surface area contributed by atoms with Gasteiger partial charge in [0, 0.05) is 37.6 Å². The van der Waals surface area contributed by atoms with Crippen molar-refractivity contribution in [2.75, 3.05) is 38.3 Å². The minimum Gasteiger partial charge on any atom is -0.487 e. The predicted octanol–water partition coefficient (Wildman–Crippen LogP) is 1.54. The Bertz CT molecular complexity index is 458. The third-order valence-corrected chi connectivity index (χ3v) is 3.56. The molecular weight excluding hydrogens is 296 g/mol. The molecule has 1 aromatic rings. The molecule has 7 heteroatoms. The molecule has 0 amide bonds. The Morgan fingerprint density at radius 2 is 1.91 bits per heavy atom. The number of aliphatic hydroxyl groups excluding tert-OH is 2. The second-order valence-corrected chi connectivity index (χ2v) is 5.35. The van der Waals surface area contributed by atoms with Crippen LogP contribution in [-0.2, 0) is 4.74 Å². The SMILES string of the molecule is OCC(O)CNc1cc(F)c(OCC2CCOCC2)c(F)c1. The lowest BCUT2D eigenvalue weighted by Crippen LogP contribution is -2.23. The summed E-state index contributed by atoms with van der Waals surface area (Å²) in [5, 5.41) is 20.5. The Balaban J connectivity index is 1.93. The number of aliphatic hydroxyl groups is 2. The summed E-state index contributed by atoms with van der Waals surface area (Å²) in [4.78, 5) is 0. The number of hydrogen-bond acceptors (Lipinski definition) is 5. The van der Waals surface area contributed by atoms with Gasteiger partial charge >= 0.3 is 0 Å². The molecule has 1 fully saturated rings. The third kappa shape index (κ3) is 4.79. The van der Waals surface area contributed by atoms with Crippen LogP contribution in [0.15, 0.2) is 12.1 Å². The molecular formula is C15H21F2NO4. The first-order valence-corrected chi connectivity index (χ1v) is 7.32. The Kier molecular flexibility index (Phi) is 6.35. The van der Waals surface area contributed by atoms with E-state index in [2.05, 4.69) is 5.32 Å². The monoisotopic (exact) mass is 317 g/mol. The van der Waals surface area contributed by atoms with Gasteiger partial charge in [0.15, 0.2) is 17.4 Å². The van der Waals surface area contributed by atoms with E-state index in [1.807, 2.05) is 0 Å². The molecule has 1 unspecified atom stereocenters. The lowest BCUT2D eigenvalue weighted by Gasteiger charge is -2.22. The van der Waals surface area contributed by atoms with Crippen molar-refractivity contribution >= 4 is 5.69 Å². The quantitative estimate of drug-likeness (QED) is 0.711. The first-order chi connectivity index (χ1) is 10.6. The summed E-state index contributed by atoms with van der Waals surface area (Å²) < 4.78 is 38.4. The number of ether oxygens (including phenoxy) is 2. The van der Waals surface area contributed by atoms with Gasteiger partial charge in [-0.2, -0.15) is 0 Å². The molecule has 0 saturated carbocycles. The van der Waals surface area contributed by atoms with Crippen LogP contribution in [0.2, 0.25) is 0 Å². The highest BCUT2D eigenvalue weighted by atomic mass is 19.1. The van der Waals surface area contributed by atoms with Crippen molar-refractivity contribution in [2.45, 2.75) is 18.9 Å². The van der Waals surface area contributed by atoms with Gasteiger partial charge in [-0.3, -0.25) is 0 Å². The van der Waals surface area contributed by atoms with E-state index in [4.69, 9.17) is 14.6 Å². The van der Waals surface area contributed by atoms with Crippen molar-refractivity contribution in [3.8, 4) is 5.75 Å². The van der Waals surface area contributed by atoms with E-state index in [0.717, 1.165) is 25.0 Å². The number of anilines is 1. The maximum atomic E-state index is 13.9. The number of rotatable bonds is 7. The zero-order valence-electron chi connectivity index (χ0n) is 12.2. The summed E-state index contributed by atoms with van der Waals surface area (Å²) in [6.45, 7) is 1.12. The number of nitrogens with one attached hydrogen (secondary N) is 1. The van der Waals surface area contributed by atoms with Crippen LogP contribution in [0.3, 0.4) is 0 Å². The largest absolute Gasteiger partial charge is 0.487 e. The van der Waals surface area contributed by atoms with E-state index in [-0.39, 0.29) is 30.5 Å². The zero-order valence-corrected chi connectivity index (χ0v) is 12.2. The van der Waals surface area contributed by atoms with Gasteiger partial charge in [-0.25, -0.2) is 8.78 Å². The average molecular weight is 317 g/mol. The highest BCUT2D eigenvalue weighted by Gasteiger charge is 2.18. The molecule has 22 heavy (non-hydrogen) atoms. The van der Waals surface area contributed by atoms with Gasteiger partial charge in [0.1, 0.15) is 0 Å². The summed E-state index contributed by atoms with van der Waals surface area (Å²) in [6.07, 6.45) is 0.652. The second-order valence-electron chi connectivity index (χ2n) is 5.35. The smallest absolute Gasteiger partial charge is 0.190 e. The molecule has 1 saturated heterocycles. The average Bonchev–Trinajstić information content (AvgIpc) is 2.52. The number of benzene rings is 1. The molecule has 0 spiro atoms. The Labute approximate surface area is 127 Å². The first-order valence-electron chi connectivity index (χ1n) is 7.32. The summed E-state index contributed by atoms with van der Waals surface area (Å²) in [7, 11) is 0. The maximum absolute atomic E-state index is 13.9. The van der Waals surface area contributed by atoms with Crippen LogP contribution in [0.1, 0.15) is 12.8 Å². The van der Waals surface area contributed by atoms with Crippen molar-refractivity contribution in [3.05, 3.63) is 23.8 Å². The first kappa shape index (κ1) is 16.9. The Morgan fingerprint density at radius 3 is 2.50 bits per heavy atom. The number of hydrogen-bond donors (Lipinski definition) is 3. The molecule has 0 aliphatic carbocycles. The second kappa shape index (κ2) is 8.26. The van der Waals surface area contributed by atoms with Gasteiger partial charge < -0.3 is 25.0 Å². The molecule has 0 aromatic heterocycles. The fourth-order valence-electron chi connectivity index (χ4n) is 2.21. The molecule has 0 radical (unpaired) electrons. The third-order valence-electron chi connectivity index (χ3n) is 3.56. The maximum Gasteiger partial charge on any atom is 0.190 e. The molecule has 1 aromatic carbocycles. The van der Waals surface area contributed by atoms with Crippen molar-refractivity contribution in [1.82, 2.24) is 0 Å². The molecule has 1 heterocycles. The topological polar surface area (TPSA) is 71.0 Å². The van der Waals surface area contributed by atoms with Crippen molar-refractivity contribution < 1.29 is 28.5 Å². The highest BCUT2D eigenvalue weighted by Crippen LogP contribution is 2.27. The Hall–Kier alpha value is -1.44. The Morgan fingerprint density at radius 1 is 1.27 bits per heavy atom. The molecule has 124 valence electrons. The van der Waals surface area contributed by atoms with Gasteiger partial charge in [-0.1, -0.05) is 0 Å². The molecule has 1 aliphatic rings. The van der Waals surface area contributed by atoms with Gasteiger partial charge in [0.2, 0.25) is 0 Å². The van der Waals surface area contributed by atoms with Crippen LogP contribution in [-0.4, -0.2) is 49.3 Å². The minimum absolute atomic E-state index is 0.00232. The standard InChI is InChI=1S/C15H21F2NO4/c16-13-5-11(18-7-12(20)8-19)6-14(17)15(13)22-9-10-1-3-21-4-2-10/h5-6,10,12,18-20H,1-4,7-9H2. The van der Waals surface area contributed by atoms with E-state index in [1.165, 1.54) is 0 Å². The predicted molar refractivity (Wildman–Crippen MR) is 77.0 cm³/mol. The zero-order chi connectivity index (χ0) is 15.9.